The zero-order valence-corrected chi connectivity index (χ0v) is 20.1. The first kappa shape index (κ1) is 22.9. The Morgan fingerprint density at radius 2 is 1.63 bits per heavy atom. The molecule has 5 heteroatoms. The van der Waals surface area contributed by atoms with E-state index in [9.17, 15) is 9.59 Å². The summed E-state index contributed by atoms with van der Waals surface area (Å²) in [4.78, 5) is 27.4. The normalized spacial score (nSPS) is 18.0. The third-order valence-electron chi connectivity index (χ3n) is 6.83. The van der Waals surface area contributed by atoms with Gasteiger partial charge in [0.2, 0.25) is 5.91 Å². The number of hydrogen-bond donors (Lipinski definition) is 0. The lowest BCUT2D eigenvalue weighted by Gasteiger charge is -2.23. The monoisotopic (exact) mass is 467 g/mol. The Labute approximate surface area is 206 Å². The minimum Gasteiger partial charge on any atom is -0.493 e. The maximum absolute atomic E-state index is 13.3. The molecule has 2 aliphatic rings. The SMILES string of the molecule is COc1ccc(/C=C(\C)C(=O)N2C(=O)CCC2c2ccccc2)cc1OC1Cc2ccccc2C1. The second kappa shape index (κ2) is 9.79. The highest BCUT2D eigenvalue weighted by molar-refractivity contribution is 6.07. The molecule has 2 amide bonds. The Bertz CT molecular complexity index is 1260. The molecule has 5 nitrogen and oxygen atoms in total. The molecule has 3 aromatic carbocycles. The summed E-state index contributed by atoms with van der Waals surface area (Å²) in [5.41, 5.74) is 4.95. The van der Waals surface area contributed by atoms with Crippen molar-refractivity contribution in [2.75, 3.05) is 7.11 Å². The van der Waals surface area contributed by atoms with Crippen LogP contribution in [0.4, 0.5) is 0 Å². The Morgan fingerprint density at radius 3 is 2.31 bits per heavy atom. The van der Waals surface area contributed by atoms with Crippen LogP contribution in [0.15, 0.2) is 78.4 Å². The number of rotatable bonds is 6. The summed E-state index contributed by atoms with van der Waals surface area (Å²) >= 11 is 0. The zero-order valence-electron chi connectivity index (χ0n) is 20.1. The van der Waals surface area contributed by atoms with Crippen molar-refractivity contribution in [3.63, 3.8) is 0 Å². The van der Waals surface area contributed by atoms with Crippen LogP contribution in [0.5, 0.6) is 11.5 Å². The minimum absolute atomic E-state index is 0.0390. The second-order valence-corrected chi connectivity index (χ2v) is 9.19. The molecular formula is C30H29NO4. The Hall–Kier alpha value is -3.86. The third-order valence-corrected chi connectivity index (χ3v) is 6.83. The highest BCUT2D eigenvalue weighted by Crippen LogP contribution is 2.35. The van der Waals surface area contributed by atoms with Gasteiger partial charge in [0.25, 0.3) is 5.91 Å². The predicted molar refractivity (Wildman–Crippen MR) is 135 cm³/mol. The van der Waals surface area contributed by atoms with Crippen LogP contribution in [0, 0.1) is 0 Å². The maximum Gasteiger partial charge on any atom is 0.256 e. The molecule has 1 atom stereocenters. The summed E-state index contributed by atoms with van der Waals surface area (Å²) in [6.45, 7) is 1.76. The van der Waals surface area contributed by atoms with Gasteiger partial charge in [0.05, 0.1) is 13.2 Å². The van der Waals surface area contributed by atoms with Crippen molar-refractivity contribution in [1.29, 1.82) is 0 Å². The van der Waals surface area contributed by atoms with Gasteiger partial charge in [0.1, 0.15) is 6.10 Å². The predicted octanol–water partition coefficient (Wildman–Crippen LogP) is 5.54. The average molecular weight is 468 g/mol. The second-order valence-electron chi connectivity index (χ2n) is 9.19. The molecule has 0 spiro atoms. The molecule has 1 aliphatic carbocycles. The van der Waals surface area contributed by atoms with E-state index in [0.717, 1.165) is 24.0 Å². The van der Waals surface area contributed by atoms with E-state index in [-0.39, 0.29) is 24.0 Å². The number of carbonyl (C=O) groups is 2. The molecule has 1 aliphatic heterocycles. The average Bonchev–Trinajstić information content (AvgIpc) is 3.47. The number of fused-ring (bicyclic) bond motifs is 1. The fraction of sp³-hybridized carbons (Fsp3) is 0.267. The molecule has 35 heavy (non-hydrogen) atoms. The number of methoxy groups -OCH3 is 1. The number of hydrogen-bond acceptors (Lipinski definition) is 4. The van der Waals surface area contributed by atoms with Gasteiger partial charge in [-0.1, -0.05) is 60.7 Å². The first-order valence-electron chi connectivity index (χ1n) is 12.0. The van der Waals surface area contributed by atoms with E-state index < -0.39 is 0 Å². The van der Waals surface area contributed by atoms with Gasteiger partial charge in [-0.15, -0.1) is 0 Å². The van der Waals surface area contributed by atoms with Gasteiger partial charge in [0, 0.05) is 24.8 Å². The lowest BCUT2D eigenvalue weighted by Crippen LogP contribution is -2.34. The van der Waals surface area contributed by atoms with Crippen LogP contribution in [-0.2, 0) is 22.4 Å². The van der Waals surface area contributed by atoms with E-state index in [1.165, 1.54) is 16.0 Å². The molecule has 5 rings (SSSR count). The molecule has 178 valence electrons. The number of benzene rings is 3. The molecule has 0 saturated carbocycles. The van der Waals surface area contributed by atoms with Crippen LogP contribution in [0.3, 0.4) is 0 Å². The molecule has 1 unspecified atom stereocenters. The van der Waals surface area contributed by atoms with Crippen LogP contribution >= 0.6 is 0 Å². The van der Waals surface area contributed by atoms with Gasteiger partial charge in [-0.25, -0.2) is 0 Å². The van der Waals surface area contributed by atoms with Crippen LogP contribution in [-0.4, -0.2) is 29.9 Å². The van der Waals surface area contributed by atoms with E-state index in [0.29, 0.717) is 29.9 Å². The highest BCUT2D eigenvalue weighted by Gasteiger charge is 2.37. The maximum atomic E-state index is 13.3. The van der Waals surface area contributed by atoms with Crippen molar-refractivity contribution in [1.82, 2.24) is 4.90 Å². The van der Waals surface area contributed by atoms with Gasteiger partial charge in [-0.3, -0.25) is 14.5 Å². The summed E-state index contributed by atoms with van der Waals surface area (Å²) in [7, 11) is 1.62. The number of imide groups is 1. The fourth-order valence-electron chi connectivity index (χ4n) is 5.09. The lowest BCUT2D eigenvalue weighted by atomic mass is 10.0. The van der Waals surface area contributed by atoms with Gasteiger partial charge < -0.3 is 9.47 Å². The standard InChI is InChI=1S/C30H29NO4/c1-20(30(33)31-26(13-15-29(31)32)22-8-4-3-5-9-22)16-21-12-14-27(34-2)28(17-21)35-25-18-23-10-6-7-11-24(23)19-25/h3-12,14,16-17,25-26H,13,15,18-19H2,1-2H3/b20-16+. The number of likely N-dealkylation sites (tertiary alicyclic amines) is 1. The first-order chi connectivity index (χ1) is 17.0. The van der Waals surface area contributed by atoms with Gasteiger partial charge in [-0.05, 0) is 53.8 Å². The van der Waals surface area contributed by atoms with Gasteiger partial charge in [-0.2, -0.15) is 0 Å². The molecular weight excluding hydrogens is 438 g/mol. The Kier molecular flexibility index (Phi) is 6.41. The minimum atomic E-state index is -0.258. The summed E-state index contributed by atoms with van der Waals surface area (Å²) in [6, 6.07) is 23.6. The van der Waals surface area contributed by atoms with Crippen molar-refractivity contribution >= 4 is 17.9 Å². The van der Waals surface area contributed by atoms with Crippen molar-refractivity contribution in [2.24, 2.45) is 0 Å². The molecule has 1 saturated heterocycles. The smallest absolute Gasteiger partial charge is 0.256 e. The van der Waals surface area contributed by atoms with Gasteiger partial charge >= 0.3 is 0 Å². The molecule has 0 aromatic heterocycles. The molecule has 0 bridgehead atoms. The number of carbonyl (C=O) groups excluding carboxylic acids is 2. The quantitative estimate of drug-likeness (QED) is 0.447. The number of ether oxygens (including phenoxy) is 2. The van der Waals surface area contributed by atoms with Crippen molar-refractivity contribution in [2.45, 2.75) is 44.8 Å². The lowest BCUT2D eigenvalue weighted by molar-refractivity contribution is -0.141. The summed E-state index contributed by atoms with van der Waals surface area (Å²) in [5, 5.41) is 0. The largest absolute Gasteiger partial charge is 0.493 e. The zero-order chi connectivity index (χ0) is 24.4. The Balaban J connectivity index is 1.36. The topological polar surface area (TPSA) is 55.8 Å². The van der Waals surface area contributed by atoms with Gasteiger partial charge in [0.15, 0.2) is 11.5 Å². The van der Waals surface area contributed by atoms with Crippen LogP contribution in [0.2, 0.25) is 0 Å². The number of nitrogens with zero attached hydrogens (tertiary/aromatic N) is 1. The summed E-state index contributed by atoms with van der Waals surface area (Å²) in [5.74, 6) is 0.918. The van der Waals surface area contributed by atoms with Crippen LogP contribution in [0.25, 0.3) is 6.08 Å². The van der Waals surface area contributed by atoms with Crippen LogP contribution in [0.1, 0.15) is 48.1 Å². The van der Waals surface area contributed by atoms with Crippen LogP contribution < -0.4 is 9.47 Å². The fourth-order valence-corrected chi connectivity index (χ4v) is 5.09. The van der Waals surface area contributed by atoms with Crippen molar-refractivity contribution in [3.8, 4) is 11.5 Å². The molecule has 1 fully saturated rings. The summed E-state index contributed by atoms with van der Waals surface area (Å²) in [6.07, 6.45) is 4.59. The van der Waals surface area contributed by atoms with Crippen molar-refractivity contribution in [3.05, 3.63) is 101 Å². The van der Waals surface area contributed by atoms with E-state index in [1.807, 2.05) is 54.6 Å². The van der Waals surface area contributed by atoms with Crippen molar-refractivity contribution < 1.29 is 19.1 Å². The van der Waals surface area contributed by atoms with E-state index in [4.69, 9.17) is 9.47 Å². The highest BCUT2D eigenvalue weighted by atomic mass is 16.5. The van der Waals surface area contributed by atoms with E-state index >= 15 is 0 Å². The molecule has 1 heterocycles. The first-order valence-corrected chi connectivity index (χ1v) is 12.0. The number of amides is 2. The Morgan fingerprint density at radius 1 is 0.943 bits per heavy atom. The van der Waals surface area contributed by atoms with E-state index in [2.05, 4.69) is 24.3 Å². The third kappa shape index (κ3) is 4.72. The summed E-state index contributed by atoms with van der Waals surface area (Å²) < 4.78 is 11.9. The molecule has 3 aromatic rings. The van der Waals surface area contributed by atoms with E-state index in [1.54, 1.807) is 14.0 Å². The molecule has 0 radical (unpaired) electrons. The molecule has 0 N–H and O–H groups in total.